The van der Waals surface area contributed by atoms with Gasteiger partial charge in [-0.15, -0.1) is 11.3 Å². The number of halogens is 1. The van der Waals surface area contributed by atoms with Crippen molar-refractivity contribution in [2.45, 2.75) is 19.9 Å². The first-order chi connectivity index (χ1) is 13.5. The molecule has 1 aromatic heterocycles. The van der Waals surface area contributed by atoms with Gasteiger partial charge in [0.05, 0.1) is 6.07 Å². The van der Waals surface area contributed by atoms with Crippen LogP contribution in [0.5, 0.6) is 0 Å². The van der Waals surface area contributed by atoms with Gasteiger partial charge in [0.15, 0.2) is 5.57 Å². The monoisotopic (exact) mass is 507 g/mol. The number of rotatable bonds is 7. The van der Waals surface area contributed by atoms with Crippen LogP contribution in [0.4, 0.5) is 5.69 Å². The number of nitrogens with zero attached hydrogens (tertiary/aromatic N) is 3. The largest absolute Gasteiger partial charge is 0.360 e. The number of amides is 1. The van der Waals surface area contributed by atoms with Crippen molar-refractivity contribution in [1.29, 1.82) is 10.5 Å². The molecule has 0 bridgehead atoms. The topological polar surface area (TPSA) is 111 Å². The number of anilines is 1. The summed E-state index contributed by atoms with van der Waals surface area (Å²) < 4.78 is 3.06. The molecule has 0 aliphatic rings. The highest BCUT2D eigenvalue weighted by atomic mass is 127. The quantitative estimate of drug-likeness (QED) is 0.331. The minimum Gasteiger partial charge on any atom is -0.360 e. The second-order valence-electron chi connectivity index (χ2n) is 5.58. The van der Waals surface area contributed by atoms with Crippen molar-refractivity contribution in [3.05, 3.63) is 49.4 Å². The SMILES string of the molecule is CCn1c(=C(C#N)C(=O)NCC#N)sc(=CNc2cccc(CCI)c2)c1=O. The molecule has 0 radical (unpaired) electrons. The van der Waals surface area contributed by atoms with Gasteiger partial charge in [0.1, 0.15) is 21.8 Å². The Labute approximate surface area is 179 Å². The van der Waals surface area contributed by atoms with E-state index in [0.717, 1.165) is 27.9 Å². The summed E-state index contributed by atoms with van der Waals surface area (Å²) >= 11 is 3.39. The van der Waals surface area contributed by atoms with E-state index in [1.54, 1.807) is 19.2 Å². The third kappa shape index (κ3) is 5.21. The van der Waals surface area contributed by atoms with E-state index >= 15 is 0 Å². The molecule has 28 heavy (non-hydrogen) atoms. The molecule has 0 aliphatic carbocycles. The Morgan fingerprint density at radius 3 is 2.82 bits per heavy atom. The summed E-state index contributed by atoms with van der Waals surface area (Å²) in [5, 5.41) is 23.5. The molecule has 9 heteroatoms. The number of alkyl halides is 1. The maximum absolute atomic E-state index is 12.7. The molecule has 144 valence electrons. The molecule has 0 aliphatic heterocycles. The van der Waals surface area contributed by atoms with Gasteiger partial charge in [-0.2, -0.15) is 10.5 Å². The van der Waals surface area contributed by atoms with Gasteiger partial charge in [-0.25, -0.2) is 0 Å². The number of carbonyl (C=O) groups is 1. The van der Waals surface area contributed by atoms with Crippen molar-refractivity contribution in [3.63, 3.8) is 0 Å². The number of thiazole rings is 1. The fourth-order valence-electron chi connectivity index (χ4n) is 2.47. The molecule has 1 heterocycles. The zero-order chi connectivity index (χ0) is 20.5. The van der Waals surface area contributed by atoms with E-state index < -0.39 is 5.91 Å². The number of hydrogen-bond acceptors (Lipinski definition) is 6. The van der Waals surface area contributed by atoms with Crippen molar-refractivity contribution >= 4 is 57.3 Å². The van der Waals surface area contributed by atoms with Crippen LogP contribution in [0, 0.1) is 22.7 Å². The molecule has 0 atom stereocenters. The van der Waals surface area contributed by atoms with Gasteiger partial charge in [-0.1, -0.05) is 34.7 Å². The lowest BCUT2D eigenvalue weighted by Gasteiger charge is -2.03. The summed E-state index contributed by atoms with van der Waals surface area (Å²) in [4.78, 5) is 24.8. The molecule has 0 unspecified atom stereocenters. The molecule has 7 nitrogen and oxygen atoms in total. The maximum Gasteiger partial charge on any atom is 0.270 e. The van der Waals surface area contributed by atoms with Crippen molar-refractivity contribution in [3.8, 4) is 12.1 Å². The Hall–Kier alpha value is -2.63. The third-order valence-electron chi connectivity index (χ3n) is 3.78. The van der Waals surface area contributed by atoms with Gasteiger partial charge in [-0.05, 0) is 31.0 Å². The molecule has 2 N–H and O–H groups in total. The van der Waals surface area contributed by atoms with Crippen LogP contribution >= 0.6 is 33.9 Å². The first-order valence-corrected chi connectivity index (χ1v) is 10.8. The highest BCUT2D eigenvalue weighted by molar-refractivity contribution is 14.1. The highest BCUT2D eigenvalue weighted by Gasteiger charge is 2.14. The fraction of sp³-hybridized carbons (Fsp3) is 0.263. The predicted molar refractivity (Wildman–Crippen MR) is 118 cm³/mol. The maximum atomic E-state index is 12.7. The highest BCUT2D eigenvalue weighted by Crippen LogP contribution is 2.11. The van der Waals surface area contributed by atoms with Crippen LogP contribution in [0.1, 0.15) is 12.5 Å². The normalized spacial score (nSPS) is 12.1. The van der Waals surface area contributed by atoms with Crippen LogP contribution in [0.3, 0.4) is 0 Å². The number of aryl methyl sites for hydroxylation is 1. The van der Waals surface area contributed by atoms with Crippen LogP contribution in [0.15, 0.2) is 29.1 Å². The van der Waals surface area contributed by atoms with Gasteiger partial charge in [0.2, 0.25) is 0 Å². The van der Waals surface area contributed by atoms with E-state index in [0.29, 0.717) is 11.1 Å². The summed E-state index contributed by atoms with van der Waals surface area (Å²) in [5.74, 6) is -0.668. The van der Waals surface area contributed by atoms with Gasteiger partial charge in [-0.3, -0.25) is 14.2 Å². The summed E-state index contributed by atoms with van der Waals surface area (Å²) in [6, 6.07) is 11.6. The average molecular weight is 507 g/mol. The molecule has 1 amide bonds. The van der Waals surface area contributed by atoms with Crippen molar-refractivity contribution in [2.75, 3.05) is 16.3 Å². The van der Waals surface area contributed by atoms with E-state index in [1.165, 1.54) is 10.1 Å². The Balaban J connectivity index is 2.49. The van der Waals surface area contributed by atoms with E-state index in [2.05, 4.69) is 33.2 Å². The predicted octanol–water partition coefficient (Wildman–Crippen LogP) is 1.07. The van der Waals surface area contributed by atoms with Crippen molar-refractivity contribution in [1.82, 2.24) is 9.88 Å². The number of benzene rings is 1. The fourth-order valence-corrected chi connectivity index (χ4v) is 4.18. The summed E-state index contributed by atoms with van der Waals surface area (Å²) in [6.07, 6.45) is 2.55. The van der Waals surface area contributed by atoms with Gasteiger partial charge in [0, 0.05) is 22.9 Å². The lowest BCUT2D eigenvalue weighted by molar-refractivity contribution is -0.115. The second-order valence-corrected chi connectivity index (χ2v) is 7.69. The zero-order valence-corrected chi connectivity index (χ0v) is 18.1. The smallest absolute Gasteiger partial charge is 0.270 e. The van der Waals surface area contributed by atoms with Crippen LogP contribution in [-0.2, 0) is 17.8 Å². The Bertz CT molecular complexity index is 1120. The van der Waals surface area contributed by atoms with Crippen molar-refractivity contribution < 1.29 is 4.79 Å². The van der Waals surface area contributed by atoms with Crippen LogP contribution in [0.2, 0.25) is 0 Å². The third-order valence-corrected chi connectivity index (χ3v) is 5.45. The van der Waals surface area contributed by atoms with Crippen LogP contribution < -0.4 is 25.4 Å². The lowest BCUT2D eigenvalue weighted by atomic mass is 10.1. The molecule has 2 rings (SSSR count). The number of nitrogens with one attached hydrogen (secondary N) is 2. The second kappa shape index (κ2) is 10.6. The van der Waals surface area contributed by atoms with Gasteiger partial charge < -0.3 is 10.6 Å². The average Bonchev–Trinajstić information content (AvgIpc) is 3.01. The van der Waals surface area contributed by atoms with Crippen LogP contribution in [-0.4, -0.2) is 21.4 Å². The lowest BCUT2D eigenvalue weighted by Crippen LogP contribution is -2.34. The van der Waals surface area contributed by atoms with Gasteiger partial charge in [0.25, 0.3) is 11.5 Å². The minimum absolute atomic E-state index is 0.178. The molecule has 0 saturated heterocycles. The number of carbonyl (C=O) groups excluding carboxylic acids is 1. The standard InChI is InChI=1S/C19H18IN5O2S/c1-2-25-18(27)16(12-24-14-5-3-4-13(10-14)6-7-20)28-19(25)15(11-22)17(26)23-9-8-21/h3-5,10,12,24H,2,6-7,9H2,1H3,(H,23,26). The molecule has 0 fully saturated rings. The Morgan fingerprint density at radius 2 is 2.18 bits per heavy atom. The molecule has 1 aromatic carbocycles. The first-order valence-electron chi connectivity index (χ1n) is 8.46. The zero-order valence-electron chi connectivity index (χ0n) is 15.2. The first kappa shape index (κ1) is 21.7. The summed E-state index contributed by atoms with van der Waals surface area (Å²) in [7, 11) is 0. The molecule has 0 spiro atoms. The van der Waals surface area contributed by atoms with E-state index in [4.69, 9.17) is 5.26 Å². The van der Waals surface area contributed by atoms with Gasteiger partial charge >= 0.3 is 0 Å². The van der Waals surface area contributed by atoms with E-state index in [9.17, 15) is 14.9 Å². The van der Waals surface area contributed by atoms with E-state index in [1.807, 2.05) is 30.3 Å². The number of aromatic nitrogens is 1. The van der Waals surface area contributed by atoms with E-state index in [-0.39, 0.29) is 22.3 Å². The molecule has 0 saturated carbocycles. The summed E-state index contributed by atoms with van der Waals surface area (Å²) in [6.45, 7) is 1.88. The Morgan fingerprint density at radius 1 is 1.39 bits per heavy atom. The molecular formula is C19H18IN5O2S. The Kier molecular flexibility index (Phi) is 8.23. The molecule has 2 aromatic rings. The number of hydrogen-bond donors (Lipinski definition) is 2. The molecular weight excluding hydrogens is 489 g/mol. The minimum atomic E-state index is -0.668. The summed E-state index contributed by atoms with van der Waals surface area (Å²) in [5.41, 5.74) is 1.60. The van der Waals surface area contributed by atoms with Crippen molar-refractivity contribution in [2.24, 2.45) is 0 Å². The number of nitriles is 2. The van der Waals surface area contributed by atoms with Crippen LogP contribution in [0.25, 0.3) is 11.8 Å².